The van der Waals surface area contributed by atoms with Crippen molar-refractivity contribution in [3.63, 3.8) is 0 Å². The summed E-state index contributed by atoms with van der Waals surface area (Å²) >= 11 is 6.62. The smallest absolute Gasteiger partial charge is 0.124 e. The molecule has 2 aliphatic heterocycles. The highest BCUT2D eigenvalue weighted by atomic mass is 35.5. The molecule has 1 fully saturated rings. The number of aryl methyl sites for hydroxylation is 2. The number of halogens is 1. The molecule has 2 aromatic rings. The SMILES string of the molecule is CC1=CCCC(Cl)=C1CN1CCc2cc(-c3c(C)nc(C)c(CC=O)c3N3CCC(C)(C)CC3)ccc2C1.CO.COC(C)(C)C. The minimum Gasteiger partial charge on any atom is -0.400 e. The van der Waals surface area contributed by atoms with Gasteiger partial charge in [0.2, 0.25) is 0 Å². The highest BCUT2D eigenvalue weighted by Crippen LogP contribution is 2.42. The Kier molecular flexibility index (Phi) is 13.6. The predicted molar refractivity (Wildman–Crippen MR) is 194 cm³/mol. The van der Waals surface area contributed by atoms with Crippen LogP contribution in [-0.4, -0.2) is 67.3 Å². The van der Waals surface area contributed by atoms with Crippen LogP contribution in [0.25, 0.3) is 11.1 Å². The lowest BCUT2D eigenvalue weighted by molar-refractivity contribution is -0.107. The number of nitrogens with zero attached hydrogens (tertiary/aromatic N) is 3. The lowest BCUT2D eigenvalue weighted by atomic mass is 9.82. The molecule has 0 saturated carbocycles. The second-order valence-corrected chi connectivity index (χ2v) is 15.0. The number of benzene rings is 1. The molecule has 5 rings (SSSR count). The van der Waals surface area contributed by atoms with Crippen molar-refractivity contribution < 1.29 is 14.6 Å². The Morgan fingerprint density at radius 2 is 1.67 bits per heavy atom. The third-order valence-electron chi connectivity index (χ3n) is 9.58. The van der Waals surface area contributed by atoms with Crippen LogP contribution in [0.3, 0.4) is 0 Å². The van der Waals surface area contributed by atoms with E-state index in [4.69, 9.17) is 26.4 Å². The average molecular weight is 652 g/mol. The van der Waals surface area contributed by atoms with Crippen molar-refractivity contribution >= 4 is 23.6 Å². The molecule has 254 valence electrons. The van der Waals surface area contributed by atoms with Gasteiger partial charge in [-0.2, -0.15) is 0 Å². The Balaban J connectivity index is 0.000000648. The van der Waals surface area contributed by atoms with Gasteiger partial charge >= 0.3 is 0 Å². The van der Waals surface area contributed by atoms with Crippen LogP contribution < -0.4 is 4.90 Å². The van der Waals surface area contributed by atoms with Gasteiger partial charge in [0.05, 0.1) is 11.3 Å². The molecule has 0 unspecified atom stereocenters. The van der Waals surface area contributed by atoms with Crippen molar-refractivity contribution in [2.75, 3.05) is 45.3 Å². The number of hydrogen-bond acceptors (Lipinski definition) is 6. The Morgan fingerprint density at radius 3 is 2.26 bits per heavy atom. The second-order valence-electron chi connectivity index (χ2n) is 14.6. The lowest BCUT2D eigenvalue weighted by Gasteiger charge is -2.40. The summed E-state index contributed by atoms with van der Waals surface area (Å²) in [4.78, 5) is 21.7. The summed E-state index contributed by atoms with van der Waals surface area (Å²) in [6.45, 7) is 22.1. The molecule has 1 aliphatic carbocycles. The number of aromatic nitrogens is 1. The van der Waals surface area contributed by atoms with Gasteiger partial charge in [0.15, 0.2) is 0 Å². The van der Waals surface area contributed by atoms with Crippen molar-refractivity contribution in [2.24, 2.45) is 5.41 Å². The fraction of sp³-hybridized carbons (Fsp3) is 0.590. The highest BCUT2D eigenvalue weighted by Gasteiger charge is 2.30. The summed E-state index contributed by atoms with van der Waals surface area (Å²) in [5.74, 6) is 0. The first kappa shape index (κ1) is 37.9. The van der Waals surface area contributed by atoms with Crippen LogP contribution in [0, 0.1) is 19.3 Å². The van der Waals surface area contributed by atoms with Gasteiger partial charge < -0.3 is 19.5 Å². The predicted octanol–water partition coefficient (Wildman–Crippen LogP) is 8.36. The summed E-state index contributed by atoms with van der Waals surface area (Å²) in [5.41, 5.74) is 12.7. The molecule has 6 nitrogen and oxygen atoms in total. The molecule has 0 amide bonds. The molecule has 0 atom stereocenters. The molecular formula is C39H58ClN3O3. The number of carbonyl (C=O) groups excluding carboxylic acids is 1. The number of allylic oxidation sites excluding steroid dienone is 2. The maximum absolute atomic E-state index is 11.7. The molecule has 3 heterocycles. The zero-order valence-corrected chi connectivity index (χ0v) is 30.9. The summed E-state index contributed by atoms with van der Waals surface area (Å²) in [5, 5.41) is 8.04. The molecule has 7 heteroatoms. The van der Waals surface area contributed by atoms with E-state index in [1.165, 1.54) is 39.1 Å². The van der Waals surface area contributed by atoms with Gasteiger partial charge in [0, 0.05) is 80.9 Å². The van der Waals surface area contributed by atoms with Gasteiger partial charge in [-0.1, -0.05) is 49.7 Å². The fourth-order valence-electron chi connectivity index (χ4n) is 6.47. The number of aliphatic hydroxyl groups is 1. The fourth-order valence-corrected chi connectivity index (χ4v) is 6.78. The Bertz CT molecular complexity index is 1410. The van der Waals surface area contributed by atoms with Crippen LogP contribution in [0.1, 0.15) is 95.3 Å². The van der Waals surface area contributed by atoms with E-state index in [1.807, 2.05) is 20.8 Å². The normalized spacial score (nSPS) is 18.1. The van der Waals surface area contributed by atoms with Gasteiger partial charge in [0.25, 0.3) is 0 Å². The first-order chi connectivity index (χ1) is 21.7. The first-order valence-corrected chi connectivity index (χ1v) is 17.2. The monoisotopic (exact) mass is 651 g/mol. The standard InChI is InChI=1S/C33H42ClN3O.C5H12O.CH4O/c1-22-7-6-8-30(34)29(22)21-36-15-11-25-19-26(9-10-27(25)20-36)31-24(3)35-23(2)28(12-18-38)32(31)37-16-13-33(4,5)14-17-37;1-5(2,3)6-4;1-2/h7,9-10,18-19H,6,8,11-17,20-21H2,1-5H3;1-4H3;2H,1H3. The van der Waals surface area contributed by atoms with E-state index >= 15 is 0 Å². The summed E-state index contributed by atoms with van der Waals surface area (Å²) in [7, 11) is 2.71. The number of pyridine rings is 1. The number of aliphatic hydroxyl groups excluding tert-OH is 1. The van der Waals surface area contributed by atoms with Gasteiger partial charge in [-0.3, -0.25) is 9.88 Å². The van der Waals surface area contributed by atoms with Gasteiger partial charge in [-0.15, -0.1) is 0 Å². The molecule has 46 heavy (non-hydrogen) atoms. The number of anilines is 1. The summed E-state index contributed by atoms with van der Waals surface area (Å²) in [6.07, 6.45) is 9.13. The topological polar surface area (TPSA) is 65.9 Å². The third kappa shape index (κ3) is 9.76. The number of piperidine rings is 1. The summed E-state index contributed by atoms with van der Waals surface area (Å²) in [6, 6.07) is 6.99. The van der Waals surface area contributed by atoms with Crippen molar-refractivity contribution in [1.82, 2.24) is 9.88 Å². The summed E-state index contributed by atoms with van der Waals surface area (Å²) < 4.78 is 4.94. The van der Waals surface area contributed by atoms with E-state index in [-0.39, 0.29) is 5.60 Å². The average Bonchev–Trinajstić information content (AvgIpc) is 3.01. The second kappa shape index (κ2) is 16.5. The van der Waals surface area contributed by atoms with E-state index in [0.717, 1.165) is 100 Å². The van der Waals surface area contributed by atoms with Crippen LogP contribution in [0.15, 0.2) is 40.5 Å². The number of fused-ring (bicyclic) bond motifs is 1. The largest absolute Gasteiger partial charge is 0.400 e. The number of methoxy groups -OCH3 is 1. The van der Waals surface area contributed by atoms with Crippen molar-refractivity contribution in [3.05, 3.63) is 68.5 Å². The van der Waals surface area contributed by atoms with E-state index in [0.29, 0.717) is 11.8 Å². The molecule has 0 bridgehead atoms. The minimum atomic E-state index is 0.0417. The molecule has 0 radical (unpaired) electrons. The van der Waals surface area contributed by atoms with Gasteiger partial charge in [-0.25, -0.2) is 0 Å². The lowest BCUT2D eigenvalue weighted by Crippen LogP contribution is -2.38. The minimum absolute atomic E-state index is 0.0417. The van der Waals surface area contributed by atoms with E-state index in [9.17, 15) is 4.79 Å². The van der Waals surface area contributed by atoms with Crippen molar-refractivity contribution in [1.29, 1.82) is 0 Å². The third-order valence-corrected chi connectivity index (χ3v) is 9.99. The zero-order chi connectivity index (χ0) is 34.2. The van der Waals surface area contributed by atoms with Crippen LogP contribution in [-0.2, 0) is 28.9 Å². The molecule has 1 aromatic heterocycles. The highest BCUT2D eigenvalue weighted by molar-refractivity contribution is 6.30. The maximum atomic E-state index is 11.7. The molecule has 1 saturated heterocycles. The van der Waals surface area contributed by atoms with E-state index in [1.54, 1.807) is 7.11 Å². The first-order valence-electron chi connectivity index (χ1n) is 16.8. The Hall–Kier alpha value is -2.51. The van der Waals surface area contributed by atoms with Crippen LogP contribution >= 0.6 is 11.6 Å². The van der Waals surface area contributed by atoms with E-state index < -0.39 is 0 Å². The number of hydrogen-bond donors (Lipinski definition) is 1. The Morgan fingerprint density at radius 1 is 1.02 bits per heavy atom. The van der Waals surface area contributed by atoms with Gasteiger partial charge in [-0.05, 0) is 107 Å². The maximum Gasteiger partial charge on any atom is 0.124 e. The molecule has 0 spiro atoms. The molecule has 3 aliphatic rings. The van der Waals surface area contributed by atoms with Gasteiger partial charge in [0.1, 0.15) is 6.29 Å². The quantitative estimate of drug-likeness (QED) is 0.317. The van der Waals surface area contributed by atoms with Crippen LogP contribution in [0.5, 0.6) is 0 Å². The van der Waals surface area contributed by atoms with Crippen molar-refractivity contribution in [3.8, 4) is 11.1 Å². The van der Waals surface area contributed by atoms with Crippen LogP contribution in [0.2, 0.25) is 0 Å². The van der Waals surface area contributed by atoms with E-state index in [2.05, 4.69) is 68.7 Å². The zero-order valence-electron chi connectivity index (χ0n) is 30.1. The molecule has 1 N–H and O–H groups in total. The Labute approximate surface area is 283 Å². The molecular weight excluding hydrogens is 594 g/mol. The van der Waals surface area contributed by atoms with Crippen molar-refractivity contribution in [2.45, 2.75) is 106 Å². The number of rotatable bonds is 6. The number of aldehydes is 1. The number of ether oxygens (including phenoxy) is 1. The van der Waals surface area contributed by atoms with Crippen LogP contribution in [0.4, 0.5) is 5.69 Å². The number of carbonyl (C=O) groups is 1. The molecule has 1 aromatic carbocycles.